The number of fused-ring (bicyclic) bond motifs is 1. The maximum atomic E-state index is 11.5. The van der Waals surface area contributed by atoms with Gasteiger partial charge in [0.05, 0.1) is 0 Å². The number of carbonyl (C=O) groups is 1. The normalized spacial score (nSPS) is 12.1. The summed E-state index contributed by atoms with van der Waals surface area (Å²) in [5.74, 6) is 0.888. The summed E-state index contributed by atoms with van der Waals surface area (Å²) in [4.78, 5) is 11.5. The van der Waals surface area contributed by atoms with Gasteiger partial charge in [0.2, 0.25) is 0 Å². The second-order valence-electron chi connectivity index (χ2n) is 4.97. The molecule has 0 saturated heterocycles. The van der Waals surface area contributed by atoms with Gasteiger partial charge in [-0.2, -0.15) is 0 Å². The van der Waals surface area contributed by atoms with Crippen molar-refractivity contribution >= 4 is 31.1 Å². The van der Waals surface area contributed by atoms with E-state index in [1.54, 1.807) is 6.08 Å². The van der Waals surface area contributed by atoms with E-state index in [4.69, 9.17) is 10.2 Å². The van der Waals surface area contributed by atoms with Gasteiger partial charge in [-0.25, -0.2) is 4.79 Å². The molecule has 0 fully saturated rings. The van der Waals surface area contributed by atoms with Crippen LogP contribution in [-0.2, 0) is 9.45 Å². The molecule has 1 aromatic heterocycles. The minimum Gasteiger partial charge on any atom is -0.540 e. The number of rotatable bonds is 4. The predicted octanol–water partition coefficient (Wildman–Crippen LogP) is 1.99. The van der Waals surface area contributed by atoms with Crippen LogP contribution in [-0.4, -0.2) is 20.6 Å². The van der Waals surface area contributed by atoms with Crippen molar-refractivity contribution < 1.29 is 13.9 Å². The number of nitrogens with two attached hydrogens (primary N) is 1. The van der Waals surface area contributed by atoms with Crippen LogP contribution in [0.4, 0.5) is 0 Å². The van der Waals surface area contributed by atoms with Crippen molar-refractivity contribution in [1.82, 2.24) is 0 Å². The monoisotopic (exact) mass is 271 g/mol. The molecule has 104 valence electrons. The first kappa shape index (κ1) is 14.4. The van der Waals surface area contributed by atoms with Gasteiger partial charge in [0.25, 0.3) is 0 Å². The summed E-state index contributed by atoms with van der Waals surface area (Å²) in [5.41, 5.74) is 7.67. The zero-order valence-corrected chi connectivity index (χ0v) is 12.0. The third-order valence-corrected chi connectivity index (χ3v) is 3.14. The van der Waals surface area contributed by atoms with Crippen LogP contribution in [0.25, 0.3) is 17.0 Å². The van der Waals surface area contributed by atoms with Crippen molar-refractivity contribution in [1.29, 1.82) is 0 Å². The molecule has 0 radical (unpaired) electrons. The van der Waals surface area contributed by atoms with Gasteiger partial charge in [-0.3, -0.25) is 0 Å². The van der Waals surface area contributed by atoms with E-state index in [0.717, 1.165) is 22.3 Å². The third kappa shape index (κ3) is 2.94. The van der Waals surface area contributed by atoms with Crippen LogP contribution >= 0.6 is 0 Å². The van der Waals surface area contributed by atoms with E-state index in [0.29, 0.717) is 11.5 Å². The van der Waals surface area contributed by atoms with Gasteiger partial charge < -0.3 is 14.8 Å². The first-order chi connectivity index (χ1) is 9.55. The molecule has 2 rings (SSSR count). The molecular formula is C15H18BNO3. The quantitative estimate of drug-likeness (QED) is 0.682. The standard InChI is InChI=1S/C15H18BNO3/c1-9(2)13-7-11-4-3-10(6-14(11)19-13)5-12(8-17)15(18)20-16/h3-7,9H,8,16-17H2,1-2H3/b12-5-. The molecular weight excluding hydrogens is 253 g/mol. The van der Waals surface area contributed by atoms with Crippen molar-refractivity contribution in [3.63, 3.8) is 0 Å². The van der Waals surface area contributed by atoms with Crippen LogP contribution in [0.15, 0.2) is 34.3 Å². The van der Waals surface area contributed by atoms with Crippen molar-refractivity contribution in [3.8, 4) is 0 Å². The fourth-order valence-electron chi connectivity index (χ4n) is 1.98. The molecule has 0 saturated carbocycles. The molecule has 0 unspecified atom stereocenters. The number of hydrogen-bond donors (Lipinski definition) is 1. The Hall–Kier alpha value is -2.01. The summed E-state index contributed by atoms with van der Waals surface area (Å²) >= 11 is 0. The van der Waals surface area contributed by atoms with Crippen LogP contribution < -0.4 is 5.73 Å². The van der Waals surface area contributed by atoms with E-state index in [-0.39, 0.29) is 6.54 Å². The first-order valence-corrected chi connectivity index (χ1v) is 6.57. The third-order valence-electron chi connectivity index (χ3n) is 3.14. The predicted molar refractivity (Wildman–Crippen MR) is 82.0 cm³/mol. The molecule has 2 N–H and O–H groups in total. The fourth-order valence-corrected chi connectivity index (χ4v) is 1.98. The van der Waals surface area contributed by atoms with E-state index < -0.39 is 5.97 Å². The van der Waals surface area contributed by atoms with Crippen LogP contribution in [0.1, 0.15) is 31.1 Å². The number of hydrogen-bond acceptors (Lipinski definition) is 4. The Balaban J connectivity index is 2.40. The number of benzene rings is 1. The first-order valence-electron chi connectivity index (χ1n) is 6.57. The molecule has 1 heterocycles. The molecule has 2 aromatic rings. The van der Waals surface area contributed by atoms with Gasteiger partial charge >= 0.3 is 14.0 Å². The number of furan rings is 1. The highest BCUT2D eigenvalue weighted by molar-refractivity contribution is 6.10. The topological polar surface area (TPSA) is 65.5 Å². The molecule has 0 amide bonds. The summed E-state index contributed by atoms with van der Waals surface area (Å²) in [5, 5.41) is 1.05. The van der Waals surface area contributed by atoms with Crippen LogP contribution in [0, 0.1) is 0 Å². The molecule has 0 bridgehead atoms. The Kier molecular flexibility index (Phi) is 4.30. The van der Waals surface area contributed by atoms with Crippen molar-refractivity contribution in [2.45, 2.75) is 19.8 Å². The van der Waals surface area contributed by atoms with Gasteiger partial charge in [-0.15, -0.1) is 0 Å². The highest BCUT2D eigenvalue weighted by Gasteiger charge is 2.09. The second kappa shape index (κ2) is 5.97. The van der Waals surface area contributed by atoms with Gasteiger partial charge in [0.1, 0.15) is 11.3 Å². The van der Waals surface area contributed by atoms with Crippen LogP contribution in [0.2, 0.25) is 0 Å². The van der Waals surface area contributed by atoms with Crippen LogP contribution in [0.3, 0.4) is 0 Å². The fraction of sp³-hybridized carbons (Fsp3) is 0.267. The Morgan fingerprint density at radius 3 is 2.80 bits per heavy atom. The Labute approximate surface area is 119 Å². The van der Waals surface area contributed by atoms with E-state index >= 15 is 0 Å². The largest absolute Gasteiger partial charge is 0.540 e. The molecule has 0 aliphatic heterocycles. The maximum Gasteiger partial charge on any atom is 0.326 e. The van der Waals surface area contributed by atoms with Crippen molar-refractivity contribution in [2.75, 3.05) is 6.54 Å². The lowest BCUT2D eigenvalue weighted by molar-refractivity contribution is -0.129. The second-order valence-corrected chi connectivity index (χ2v) is 4.97. The van der Waals surface area contributed by atoms with Crippen molar-refractivity contribution in [3.05, 3.63) is 41.2 Å². The highest BCUT2D eigenvalue weighted by atomic mass is 16.5. The Morgan fingerprint density at radius 2 is 2.20 bits per heavy atom. The number of carbonyl (C=O) groups excluding carboxylic acids is 1. The molecule has 0 aliphatic rings. The van der Waals surface area contributed by atoms with E-state index in [9.17, 15) is 4.79 Å². The van der Waals surface area contributed by atoms with Crippen LogP contribution in [0.5, 0.6) is 0 Å². The van der Waals surface area contributed by atoms with Gasteiger partial charge in [-0.05, 0) is 23.8 Å². The average molecular weight is 271 g/mol. The molecule has 5 heteroatoms. The lowest BCUT2D eigenvalue weighted by Gasteiger charge is -2.03. The molecule has 0 aliphatic carbocycles. The Morgan fingerprint density at radius 1 is 1.45 bits per heavy atom. The van der Waals surface area contributed by atoms with E-state index in [1.807, 2.05) is 24.3 Å². The summed E-state index contributed by atoms with van der Waals surface area (Å²) in [6.45, 7) is 4.31. The summed E-state index contributed by atoms with van der Waals surface area (Å²) in [6, 6.07) is 7.85. The SMILES string of the molecule is BOC(=O)/C(=C\c1ccc2cc(C(C)C)oc2c1)CN. The average Bonchev–Trinajstić information content (AvgIpc) is 2.87. The van der Waals surface area contributed by atoms with Gasteiger partial charge in [0.15, 0.2) is 0 Å². The van der Waals surface area contributed by atoms with Crippen molar-refractivity contribution in [2.24, 2.45) is 5.73 Å². The summed E-state index contributed by atoms with van der Waals surface area (Å²) in [7, 11) is 1.34. The van der Waals surface area contributed by atoms with Gasteiger partial charge in [0, 0.05) is 23.4 Å². The summed E-state index contributed by atoms with van der Waals surface area (Å²) < 4.78 is 10.5. The van der Waals surface area contributed by atoms with E-state index in [1.165, 1.54) is 8.05 Å². The maximum absolute atomic E-state index is 11.5. The smallest absolute Gasteiger partial charge is 0.326 e. The molecule has 4 nitrogen and oxygen atoms in total. The zero-order chi connectivity index (χ0) is 14.7. The molecule has 0 atom stereocenters. The molecule has 0 spiro atoms. The Bertz CT molecular complexity index is 658. The lowest BCUT2D eigenvalue weighted by Crippen LogP contribution is -2.14. The van der Waals surface area contributed by atoms with Gasteiger partial charge in [-0.1, -0.05) is 26.0 Å². The zero-order valence-electron chi connectivity index (χ0n) is 12.0. The van der Waals surface area contributed by atoms with E-state index in [2.05, 4.69) is 18.5 Å². The molecule has 20 heavy (non-hydrogen) atoms. The minimum atomic E-state index is -0.407. The minimum absolute atomic E-state index is 0.139. The molecule has 1 aromatic carbocycles. The summed E-state index contributed by atoms with van der Waals surface area (Å²) in [6.07, 6.45) is 1.73. The lowest BCUT2D eigenvalue weighted by atomic mass is 10.1. The highest BCUT2D eigenvalue weighted by Crippen LogP contribution is 2.26.